The van der Waals surface area contributed by atoms with E-state index < -0.39 is 6.03 Å². The Kier molecular flexibility index (Phi) is 3.29. The molecule has 0 aromatic heterocycles. The molecule has 0 saturated heterocycles. The molecule has 1 saturated carbocycles. The van der Waals surface area contributed by atoms with Crippen LogP contribution in [0.25, 0.3) is 10.4 Å². The van der Waals surface area contributed by atoms with Crippen molar-refractivity contribution >= 4 is 11.7 Å². The third kappa shape index (κ3) is 2.72. The summed E-state index contributed by atoms with van der Waals surface area (Å²) in [4.78, 5) is 16.8. The van der Waals surface area contributed by atoms with E-state index in [0.717, 1.165) is 31.4 Å². The average Bonchev–Trinajstić information content (AvgIpc) is 2.06. The second-order valence-electron chi connectivity index (χ2n) is 2.71. The molecule has 0 aromatic rings. The molecule has 1 aliphatic rings. The quantitative estimate of drug-likeness (QED) is 0.309. The van der Waals surface area contributed by atoms with Crippen LogP contribution in [0.15, 0.2) is 10.1 Å². The topological polar surface area (TPSA) is 78.2 Å². The smallest absolute Gasteiger partial charge is 0.265 e. The fourth-order valence-electron chi connectivity index (χ4n) is 1.27. The first-order valence-electron chi connectivity index (χ1n) is 3.98. The number of carbonyl (C=O) groups excluding carboxylic acids is 1. The summed E-state index contributed by atoms with van der Waals surface area (Å²) in [6.45, 7) is 0. The van der Waals surface area contributed by atoms with Gasteiger partial charge in [-0.2, -0.15) is 0 Å². The van der Waals surface area contributed by atoms with Crippen LogP contribution < -0.4 is 0 Å². The van der Waals surface area contributed by atoms with Gasteiger partial charge in [0.1, 0.15) is 0 Å². The van der Waals surface area contributed by atoms with Crippen LogP contribution in [0, 0.1) is 0 Å². The zero-order valence-electron chi connectivity index (χ0n) is 6.73. The Morgan fingerprint density at radius 2 is 2.00 bits per heavy atom. The zero-order chi connectivity index (χ0) is 8.81. The Morgan fingerprint density at radius 3 is 2.58 bits per heavy atom. The molecule has 5 nitrogen and oxygen atoms in total. The van der Waals surface area contributed by atoms with Gasteiger partial charge in [0.15, 0.2) is 0 Å². The number of azide groups is 1. The van der Waals surface area contributed by atoms with Crippen molar-refractivity contribution in [3.63, 3.8) is 0 Å². The van der Waals surface area contributed by atoms with Crippen LogP contribution >= 0.6 is 0 Å². The number of hydrogen-bond donors (Lipinski definition) is 0. The highest BCUT2D eigenvalue weighted by atomic mass is 16.2. The van der Waals surface area contributed by atoms with Crippen molar-refractivity contribution < 1.29 is 4.79 Å². The molecular weight excluding hydrogens is 156 g/mol. The van der Waals surface area contributed by atoms with E-state index in [-0.39, 0.29) is 0 Å². The van der Waals surface area contributed by atoms with Gasteiger partial charge >= 0.3 is 6.03 Å². The molecule has 1 aliphatic carbocycles. The molecule has 0 unspecified atom stereocenters. The number of hydrogen-bond acceptors (Lipinski definition) is 1. The highest BCUT2D eigenvalue weighted by Crippen LogP contribution is 2.14. The maximum absolute atomic E-state index is 10.7. The summed E-state index contributed by atoms with van der Waals surface area (Å²) in [5.41, 5.74) is 8.81. The summed E-state index contributed by atoms with van der Waals surface area (Å²) in [7, 11) is 0. The number of aliphatic imine (C=N–C) groups is 1. The van der Waals surface area contributed by atoms with E-state index in [9.17, 15) is 4.79 Å². The van der Waals surface area contributed by atoms with Crippen LogP contribution in [0.2, 0.25) is 0 Å². The van der Waals surface area contributed by atoms with Crippen LogP contribution in [0.1, 0.15) is 32.1 Å². The first-order valence-corrected chi connectivity index (χ1v) is 3.98. The molecule has 0 aromatic carbocycles. The molecule has 12 heavy (non-hydrogen) atoms. The van der Waals surface area contributed by atoms with E-state index in [1.807, 2.05) is 0 Å². The first kappa shape index (κ1) is 8.74. The van der Waals surface area contributed by atoms with Crippen molar-refractivity contribution in [2.45, 2.75) is 32.1 Å². The van der Waals surface area contributed by atoms with Crippen LogP contribution in [0.3, 0.4) is 0 Å². The lowest BCUT2D eigenvalue weighted by Crippen LogP contribution is -2.06. The average molecular weight is 166 g/mol. The Labute approximate surface area is 70.1 Å². The molecule has 0 spiro atoms. The largest absolute Gasteiger partial charge is 0.333 e. The maximum Gasteiger partial charge on any atom is 0.333 e. The molecule has 2 amide bonds. The van der Waals surface area contributed by atoms with Gasteiger partial charge in [0, 0.05) is 15.7 Å². The maximum atomic E-state index is 10.7. The SMILES string of the molecule is [N-]=[N+]=NC(=O)N=C1CCCCC1. The molecule has 1 rings (SSSR count). The van der Waals surface area contributed by atoms with Crippen LogP contribution in [0.5, 0.6) is 0 Å². The summed E-state index contributed by atoms with van der Waals surface area (Å²) in [6.07, 6.45) is 5.11. The van der Waals surface area contributed by atoms with E-state index >= 15 is 0 Å². The van der Waals surface area contributed by atoms with Gasteiger partial charge in [-0.15, -0.1) is 0 Å². The normalized spacial score (nSPS) is 16.5. The molecule has 0 bridgehead atoms. The number of urea groups is 1. The van der Waals surface area contributed by atoms with Crippen molar-refractivity contribution in [1.82, 2.24) is 0 Å². The lowest BCUT2D eigenvalue weighted by molar-refractivity contribution is 0.256. The second kappa shape index (κ2) is 4.51. The van der Waals surface area contributed by atoms with Gasteiger partial charge < -0.3 is 0 Å². The van der Waals surface area contributed by atoms with Gasteiger partial charge in [-0.25, -0.2) is 4.99 Å². The van der Waals surface area contributed by atoms with Gasteiger partial charge in [-0.1, -0.05) is 6.42 Å². The highest BCUT2D eigenvalue weighted by molar-refractivity contribution is 5.95. The lowest BCUT2D eigenvalue weighted by Gasteiger charge is -2.10. The Hall–Kier alpha value is -1.35. The van der Waals surface area contributed by atoms with Crippen molar-refractivity contribution in [2.24, 2.45) is 10.1 Å². The fraction of sp³-hybridized carbons (Fsp3) is 0.714. The van der Waals surface area contributed by atoms with E-state index in [0.29, 0.717) is 0 Å². The second-order valence-corrected chi connectivity index (χ2v) is 2.71. The molecule has 0 heterocycles. The third-order valence-corrected chi connectivity index (χ3v) is 1.81. The van der Waals surface area contributed by atoms with Crippen molar-refractivity contribution in [3.05, 3.63) is 10.4 Å². The summed E-state index contributed by atoms with van der Waals surface area (Å²) in [5.74, 6) is 0. The first-order chi connectivity index (χ1) is 5.83. The number of amides is 2. The van der Waals surface area contributed by atoms with Crippen molar-refractivity contribution in [2.75, 3.05) is 0 Å². The predicted molar refractivity (Wildman–Crippen MR) is 45.1 cm³/mol. The van der Waals surface area contributed by atoms with Gasteiger partial charge in [0.2, 0.25) is 0 Å². The van der Waals surface area contributed by atoms with Gasteiger partial charge in [-0.3, -0.25) is 4.79 Å². The monoisotopic (exact) mass is 166 g/mol. The Balaban J connectivity index is 2.54. The molecule has 0 aliphatic heterocycles. The van der Waals surface area contributed by atoms with Gasteiger partial charge in [0.25, 0.3) is 0 Å². The summed E-state index contributed by atoms with van der Waals surface area (Å²) in [5, 5.41) is 2.87. The summed E-state index contributed by atoms with van der Waals surface area (Å²) in [6, 6.07) is -0.714. The predicted octanol–water partition coefficient (Wildman–Crippen LogP) is 2.82. The summed E-state index contributed by atoms with van der Waals surface area (Å²) < 4.78 is 0. The Morgan fingerprint density at radius 1 is 1.33 bits per heavy atom. The Bertz CT molecular complexity index is 244. The minimum Gasteiger partial charge on any atom is -0.265 e. The molecule has 0 N–H and O–H groups in total. The molecule has 1 fully saturated rings. The van der Waals surface area contributed by atoms with E-state index in [1.54, 1.807) is 0 Å². The van der Waals surface area contributed by atoms with E-state index in [4.69, 9.17) is 5.53 Å². The molecule has 64 valence electrons. The zero-order valence-corrected chi connectivity index (χ0v) is 6.73. The van der Waals surface area contributed by atoms with Gasteiger partial charge in [0.05, 0.1) is 0 Å². The standard InChI is InChI=1S/C7H10N4O/c8-11-10-7(12)9-6-4-2-1-3-5-6/h1-5H2. The fourth-order valence-corrected chi connectivity index (χ4v) is 1.27. The number of rotatable bonds is 0. The highest BCUT2D eigenvalue weighted by Gasteiger charge is 2.07. The van der Waals surface area contributed by atoms with E-state index in [2.05, 4.69) is 15.0 Å². The lowest BCUT2D eigenvalue weighted by atomic mass is 9.99. The van der Waals surface area contributed by atoms with Crippen LogP contribution in [-0.4, -0.2) is 11.7 Å². The molecule has 0 radical (unpaired) electrons. The van der Waals surface area contributed by atoms with Crippen LogP contribution in [0.4, 0.5) is 4.79 Å². The number of nitrogens with zero attached hydrogens (tertiary/aromatic N) is 4. The van der Waals surface area contributed by atoms with Gasteiger partial charge in [-0.05, 0) is 31.2 Å². The number of carbonyl (C=O) groups is 1. The summed E-state index contributed by atoms with van der Waals surface area (Å²) >= 11 is 0. The minimum atomic E-state index is -0.714. The third-order valence-electron chi connectivity index (χ3n) is 1.81. The molecular formula is C7H10N4O. The van der Waals surface area contributed by atoms with Crippen LogP contribution in [-0.2, 0) is 0 Å². The van der Waals surface area contributed by atoms with E-state index in [1.165, 1.54) is 6.42 Å². The molecule has 0 atom stereocenters. The van der Waals surface area contributed by atoms with Crippen molar-refractivity contribution in [3.8, 4) is 0 Å². The molecule has 5 heteroatoms. The minimum absolute atomic E-state index is 0.714. The van der Waals surface area contributed by atoms with Crippen molar-refractivity contribution in [1.29, 1.82) is 0 Å².